The van der Waals surface area contributed by atoms with E-state index in [1.807, 2.05) is 59.1 Å². The van der Waals surface area contributed by atoms with Crippen LogP contribution in [0.15, 0.2) is 85.1 Å². The first-order valence-corrected chi connectivity index (χ1v) is 7.86. The largest absolute Gasteiger partial charge is 0.506 e. The standard InChI is InChI=1S/C20H16BNO2/c23-21(24)19-13-7-12-18-20(16-10-5-2-6-11-16)17(14-22(18)19)15-8-3-1-4-9-15/h1-14,23-24H. The Morgan fingerprint density at radius 2 is 1.29 bits per heavy atom. The molecule has 4 rings (SSSR count). The number of nitrogens with zero attached hydrogens (tertiary/aromatic N) is 1. The highest BCUT2D eigenvalue weighted by Gasteiger charge is 2.20. The zero-order chi connectivity index (χ0) is 16.5. The second-order valence-electron chi connectivity index (χ2n) is 5.73. The lowest BCUT2D eigenvalue weighted by atomic mass is 9.85. The Hall–Kier alpha value is -2.82. The Morgan fingerprint density at radius 1 is 0.667 bits per heavy atom. The second kappa shape index (κ2) is 6.00. The summed E-state index contributed by atoms with van der Waals surface area (Å²) in [6, 6.07) is 25.9. The molecule has 0 spiro atoms. The van der Waals surface area contributed by atoms with Crippen molar-refractivity contribution in [3.05, 3.63) is 85.1 Å². The summed E-state index contributed by atoms with van der Waals surface area (Å²) >= 11 is 0. The van der Waals surface area contributed by atoms with Crippen molar-refractivity contribution in [1.82, 2.24) is 4.40 Å². The molecule has 0 radical (unpaired) electrons. The molecule has 0 amide bonds. The van der Waals surface area contributed by atoms with Crippen molar-refractivity contribution in [2.45, 2.75) is 0 Å². The van der Waals surface area contributed by atoms with E-state index in [1.165, 1.54) is 0 Å². The highest BCUT2D eigenvalue weighted by Crippen LogP contribution is 2.36. The van der Waals surface area contributed by atoms with E-state index in [2.05, 4.69) is 24.3 Å². The maximum absolute atomic E-state index is 9.70. The molecule has 4 heteroatoms. The normalized spacial score (nSPS) is 10.9. The molecular formula is C20H16BNO2. The molecule has 0 aliphatic heterocycles. The molecule has 2 aromatic carbocycles. The monoisotopic (exact) mass is 313 g/mol. The summed E-state index contributed by atoms with van der Waals surface area (Å²) < 4.78 is 1.86. The summed E-state index contributed by atoms with van der Waals surface area (Å²) in [5.74, 6) is 0. The van der Waals surface area contributed by atoms with Gasteiger partial charge in [0, 0.05) is 17.3 Å². The molecule has 0 saturated carbocycles. The smallest absolute Gasteiger partial charge is 0.422 e. The lowest BCUT2D eigenvalue weighted by Crippen LogP contribution is -2.34. The molecule has 0 atom stereocenters. The van der Waals surface area contributed by atoms with Crippen molar-refractivity contribution in [2.75, 3.05) is 0 Å². The SMILES string of the molecule is OB(O)c1cccc2c(-c3ccccc3)c(-c3ccccc3)cn12. The highest BCUT2D eigenvalue weighted by atomic mass is 16.4. The zero-order valence-corrected chi connectivity index (χ0v) is 13.0. The van der Waals surface area contributed by atoms with Gasteiger partial charge in [-0.2, -0.15) is 0 Å². The Balaban J connectivity index is 2.09. The van der Waals surface area contributed by atoms with Crippen molar-refractivity contribution in [1.29, 1.82) is 0 Å². The number of fused-ring (bicyclic) bond motifs is 1. The number of hydrogen-bond acceptors (Lipinski definition) is 2. The zero-order valence-electron chi connectivity index (χ0n) is 13.0. The molecule has 116 valence electrons. The number of rotatable bonds is 3. The lowest BCUT2D eigenvalue weighted by Gasteiger charge is -2.07. The molecule has 0 fully saturated rings. The molecule has 0 saturated heterocycles. The van der Waals surface area contributed by atoms with E-state index in [1.54, 1.807) is 6.07 Å². The van der Waals surface area contributed by atoms with Crippen LogP contribution >= 0.6 is 0 Å². The molecule has 0 aliphatic carbocycles. The van der Waals surface area contributed by atoms with Crippen LogP contribution in [0.4, 0.5) is 0 Å². The minimum atomic E-state index is -1.52. The van der Waals surface area contributed by atoms with Crippen LogP contribution in [-0.4, -0.2) is 21.6 Å². The van der Waals surface area contributed by atoms with Gasteiger partial charge >= 0.3 is 7.12 Å². The number of hydrogen-bond donors (Lipinski definition) is 2. The maximum atomic E-state index is 9.70. The lowest BCUT2D eigenvalue weighted by molar-refractivity contribution is 0.423. The summed E-state index contributed by atoms with van der Waals surface area (Å²) in [7, 11) is -1.52. The molecule has 0 aliphatic rings. The number of benzene rings is 2. The summed E-state index contributed by atoms with van der Waals surface area (Å²) in [6.07, 6.45) is 1.97. The average molecular weight is 313 g/mol. The maximum Gasteiger partial charge on any atom is 0.506 e. The van der Waals surface area contributed by atoms with Crippen LogP contribution in [0.5, 0.6) is 0 Å². The van der Waals surface area contributed by atoms with Crippen LogP contribution in [0, 0.1) is 0 Å². The summed E-state index contributed by atoms with van der Waals surface area (Å²) in [5, 5.41) is 19.4. The molecule has 4 aromatic rings. The third kappa shape index (κ3) is 2.42. The third-order valence-corrected chi connectivity index (χ3v) is 4.25. The first kappa shape index (κ1) is 14.8. The fraction of sp³-hybridized carbons (Fsp3) is 0. The van der Waals surface area contributed by atoms with Gasteiger partial charge in [0.25, 0.3) is 0 Å². The van der Waals surface area contributed by atoms with Crippen LogP contribution in [0.2, 0.25) is 0 Å². The van der Waals surface area contributed by atoms with Crippen LogP contribution < -0.4 is 5.59 Å². The molecule has 2 aromatic heterocycles. The molecule has 0 unspecified atom stereocenters. The van der Waals surface area contributed by atoms with Gasteiger partial charge in [0.2, 0.25) is 0 Å². The summed E-state index contributed by atoms with van der Waals surface area (Å²) in [6.45, 7) is 0. The van der Waals surface area contributed by atoms with E-state index >= 15 is 0 Å². The summed E-state index contributed by atoms with van der Waals surface area (Å²) in [4.78, 5) is 0. The van der Waals surface area contributed by atoms with E-state index in [0.717, 1.165) is 27.8 Å². The van der Waals surface area contributed by atoms with Gasteiger partial charge < -0.3 is 14.4 Å². The Morgan fingerprint density at radius 3 is 1.92 bits per heavy atom. The van der Waals surface area contributed by atoms with Gasteiger partial charge in [-0.25, -0.2) is 0 Å². The predicted octanol–water partition coefficient (Wildman–Crippen LogP) is 2.95. The van der Waals surface area contributed by atoms with E-state index in [0.29, 0.717) is 5.59 Å². The van der Waals surface area contributed by atoms with Crippen LogP contribution in [0.1, 0.15) is 0 Å². The fourth-order valence-electron chi connectivity index (χ4n) is 3.17. The Labute approximate surface area is 140 Å². The molecule has 24 heavy (non-hydrogen) atoms. The number of aromatic nitrogens is 1. The van der Waals surface area contributed by atoms with Gasteiger partial charge in [0.05, 0.1) is 11.1 Å². The van der Waals surface area contributed by atoms with Gasteiger partial charge in [-0.05, 0) is 23.3 Å². The first-order chi connectivity index (χ1) is 11.8. The molecule has 2 N–H and O–H groups in total. The van der Waals surface area contributed by atoms with Gasteiger partial charge in [0.15, 0.2) is 0 Å². The van der Waals surface area contributed by atoms with E-state index in [4.69, 9.17) is 0 Å². The Kier molecular flexibility index (Phi) is 3.69. The predicted molar refractivity (Wildman–Crippen MR) is 98.1 cm³/mol. The van der Waals surface area contributed by atoms with Crippen LogP contribution in [0.3, 0.4) is 0 Å². The van der Waals surface area contributed by atoms with E-state index < -0.39 is 7.12 Å². The minimum Gasteiger partial charge on any atom is -0.422 e. The highest BCUT2D eigenvalue weighted by molar-refractivity contribution is 6.57. The average Bonchev–Trinajstić information content (AvgIpc) is 3.02. The fourth-order valence-corrected chi connectivity index (χ4v) is 3.17. The summed E-state index contributed by atoms with van der Waals surface area (Å²) in [5.41, 5.74) is 5.75. The van der Waals surface area contributed by atoms with Crippen LogP contribution in [-0.2, 0) is 0 Å². The van der Waals surface area contributed by atoms with E-state index in [-0.39, 0.29) is 0 Å². The first-order valence-electron chi connectivity index (χ1n) is 7.86. The van der Waals surface area contributed by atoms with Crippen molar-refractivity contribution in [3.63, 3.8) is 0 Å². The second-order valence-corrected chi connectivity index (χ2v) is 5.73. The molecule has 0 bridgehead atoms. The van der Waals surface area contributed by atoms with Crippen molar-refractivity contribution in [2.24, 2.45) is 0 Å². The van der Waals surface area contributed by atoms with Crippen molar-refractivity contribution in [3.8, 4) is 22.3 Å². The molecule has 3 nitrogen and oxygen atoms in total. The van der Waals surface area contributed by atoms with Gasteiger partial charge in [-0.1, -0.05) is 66.7 Å². The van der Waals surface area contributed by atoms with Crippen molar-refractivity contribution < 1.29 is 10.0 Å². The quantitative estimate of drug-likeness (QED) is 0.571. The topological polar surface area (TPSA) is 44.9 Å². The van der Waals surface area contributed by atoms with Gasteiger partial charge in [-0.15, -0.1) is 0 Å². The molecule has 2 heterocycles. The van der Waals surface area contributed by atoms with Gasteiger partial charge in [-0.3, -0.25) is 0 Å². The minimum absolute atomic E-state index is 0.451. The molecular weight excluding hydrogens is 297 g/mol. The Bertz CT molecular complexity index is 979. The van der Waals surface area contributed by atoms with Crippen molar-refractivity contribution >= 4 is 18.2 Å². The van der Waals surface area contributed by atoms with Gasteiger partial charge in [0.1, 0.15) is 0 Å². The third-order valence-electron chi connectivity index (χ3n) is 4.25. The number of pyridine rings is 1. The van der Waals surface area contributed by atoms with Crippen LogP contribution in [0.25, 0.3) is 27.8 Å². The van der Waals surface area contributed by atoms with E-state index in [9.17, 15) is 10.0 Å².